The van der Waals surface area contributed by atoms with Crippen LogP contribution < -0.4 is 10.5 Å². The number of hydrogen-bond acceptors (Lipinski definition) is 2. The van der Waals surface area contributed by atoms with E-state index in [0.717, 1.165) is 37.3 Å². The van der Waals surface area contributed by atoms with E-state index >= 15 is 0 Å². The first kappa shape index (κ1) is 17.0. The Morgan fingerprint density at radius 2 is 1.83 bits per heavy atom. The molecule has 1 heterocycles. The third-order valence-corrected chi connectivity index (χ3v) is 3.54. The lowest BCUT2D eigenvalue weighted by Gasteiger charge is -2.23. The number of hydrogen-bond donors (Lipinski definition) is 0. The summed E-state index contributed by atoms with van der Waals surface area (Å²) in [5, 5.41) is 0. The molecule has 0 radical (unpaired) electrons. The number of nitrogens with zero attached hydrogens (tertiary/aromatic N) is 3. The molecule has 0 bridgehead atoms. The Morgan fingerprint density at radius 3 is 2.52 bits per heavy atom. The van der Waals surface area contributed by atoms with Crippen molar-refractivity contribution >= 4 is 12.2 Å². The fraction of sp³-hybridized carbons (Fsp3) is 0.368. The number of aromatic nitrogens is 1. The lowest BCUT2D eigenvalue weighted by molar-refractivity contribution is 0.738. The van der Waals surface area contributed by atoms with E-state index in [4.69, 9.17) is 0 Å². The van der Waals surface area contributed by atoms with Crippen LogP contribution in [0, 0.1) is 0 Å². The molecular formula is C19H25N3O. The summed E-state index contributed by atoms with van der Waals surface area (Å²) in [5.74, 6) is 0.892. The van der Waals surface area contributed by atoms with Crippen LogP contribution in [0.3, 0.4) is 0 Å². The van der Waals surface area contributed by atoms with Gasteiger partial charge in [-0.1, -0.05) is 50.2 Å². The maximum absolute atomic E-state index is 12.4. The first-order chi connectivity index (χ1) is 11.3. The Kier molecular flexibility index (Phi) is 6.60. The number of pyridine rings is 1. The van der Waals surface area contributed by atoms with Crippen molar-refractivity contribution in [2.45, 2.75) is 33.2 Å². The van der Waals surface area contributed by atoms with Gasteiger partial charge in [0.2, 0.25) is 0 Å². The molecule has 0 fully saturated rings. The van der Waals surface area contributed by atoms with Gasteiger partial charge in [0, 0.05) is 19.2 Å². The summed E-state index contributed by atoms with van der Waals surface area (Å²) < 4.78 is 1.81. The van der Waals surface area contributed by atoms with Gasteiger partial charge >= 0.3 is 0 Å². The second-order valence-electron chi connectivity index (χ2n) is 5.51. The average Bonchev–Trinajstić information content (AvgIpc) is 2.57. The van der Waals surface area contributed by atoms with E-state index in [-0.39, 0.29) is 5.56 Å². The van der Waals surface area contributed by atoms with Crippen LogP contribution in [0.4, 0.5) is 5.82 Å². The molecule has 122 valence electrons. The molecule has 0 atom stereocenters. The van der Waals surface area contributed by atoms with Crippen LogP contribution in [-0.2, 0) is 6.54 Å². The van der Waals surface area contributed by atoms with E-state index in [2.05, 4.69) is 23.7 Å². The van der Waals surface area contributed by atoms with Crippen LogP contribution in [0.15, 0.2) is 58.3 Å². The largest absolute Gasteiger partial charge is 0.319 e. The lowest BCUT2D eigenvalue weighted by atomic mass is 10.2. The zero-order chi connectivity index (χ0) is 16.5. The van der Waals surface area contributed by atoms with E-state index in [1.165, 1.54) is 0 Å². The van der Waals surface area contributed by atoms with Gasteiger partial charge in [0.05, 0.1) is 12.9 Å². The van der Waals surface area contributed by atoms with Crippen molar-refractivity contribution < 1.29 is 0 Å². The molecule has 4 heteroatoms. The highest BCUT2D eigenvalue weighted by Crippen LogP contribution is 2.13. The molecule has 0 aliphatic rings. The van der Waals surface area contributed by atoms with Crippen LogP contribution in [0.25, 0.3) is 0 Å². The van der Waals surface area contributed by atoms with E-state index in [1.807, 2.05) is 53.4 Å². The highest BCUT2D eigenvalue weighted by molar-refractivity contribution is 5.77. The highest BCUT2D eigenvalue weighted by Gasteiger charge is 2.10. The van der Waals surface area contributed by atoms with Crippen molar-refractivity contribution in [3.63, 3.8) is 0 Å². The summed E-state index contributed by atoms with van der Waals surface area (Å²) in [5.41, 5.74) is 1.13. The predicted octanol–water partition coefficient (Wildman–Crippen LogP) is 3.55. The van der Waals surface area contributed by atoms with Crippen LogP contribution in [0.5, 0.6) is 0 Å². The summed E-state index contributed by atoms with van der Waals surface area (Å²) in [6.07, 6.45) is 3.87. The Bertz CT molecular complexity index is 677. The Labute approximate surface area is 138 Å². The number of aliphatic imine (C=N–C) groups is 1. The zero-order valence-electron chi connectivity index (χ0n) is 14.0. The Balaban J connectivity index is 2.36. The molecular weight excluding hydrogens is 286 g/mol. The third-order valence-electron chi connectivity index (χ3n) is 3.54. The second-order valence-corrected chi connectivity index (χ2v) is 5.51. The molecule has 1 aromatic heterocycles. The van der Waals surface area contributed by atoms with Crippen molar-refractivity contribution in [3.8, 4) is 0 Å². The van der Waals surface area contributed by atoms with E-state index in [1.54, 1.807) is 6.07 Å². The Morgan fingerprint density at radius 1 is 1.04 bits per heavy atom. The van der Waals surface area contributed by atoms with Gasteiger partial charge in [-0.3, -0.25) is 14.4 Å². The minimum atomic E-state index is 0.0105. The normalized spacial score (nSPS) is 11.0. The van der Waals surface area contributed by atoms with Crippen molar-refractivity contribution in [2.24, 2.45) is 4.99 Å². The first-order valence-corrected chi connectivity index (χ1v) is 8.26. The van der Waals surface area contributed by atoms with Gasteiger partial charge in [0.25, 0.3) is 5.56 Å². The first-order valence-electron chi connectivity index (χ1n) is 8.26. The molecule has 4 nitrogen and oxygen atoms in total. The third kappa shape index (κ3) is 4.81. The molecule has 2 rings (SSSR count). The molecule has 0 amide bonds. The molecule has 2 aromatic rings. The van der Waals surface area contributed by atoms with Gasteiger partial charge in [-0.05, 0) is 24.5 Å². The summed E-state index contributed by atoms with van der Waals surface area (Å²) in [6.45, 7) is 6.44. The second kappa shape index (κ2) is 8.93. The van der Waals surface area contributed by atoms with Crippen LogP contribution in [0.1, 0.15) is 32.3 Å². The average molecular weight is 311 g/mol. The summed E-state index contributed by atoms with van der Waals surface area (Å²) >= 11 is 0. The number of benzene rings is 1. The predicted molar refractivity (Wildman–Crippen MR) is 97.5 cm³/mol. The maximum Gasteiger partial charge on any atom is 0.252 e. The Hall–Kier alpha value is -2.36. The van der Waals surface area contributed by atoms with Gasteiger partial charge in [-0.2, -0.15) is 0 Å². The fourth-order valence-electron chi connectivity index (χ4n) is 2.44. The monoisotopic (exact) mass is 311 g/mol. The SMILES string of the molecule is CCCN=CN(CCC)c1cccc(=O)n1Cc1ccccc1. The number of rotatable bonds is 8. The maximum atomic E-state index is 12.4. The summed E-state index contributed by atoms with van der Waals surface area (Å²) in [4.78, 5) is 18.9. The standard InChI is InChI=1S/C19H25N3O/c1-3-13-20-16-21(14-4-2)18-11-8-12-19(23)22(18)15-17-9-6-5-7-10-17/h5-12,16H,3-4,13-15H2,1-2H3. The summed E-state index contributed by atoms with van der Waals surface area (Å²) in [6, 6.07) is 15.5. The van der Waals surface area contributed by atoms with Crippen molar-refractivity contribution in [3.05, 3.63) is 64.4 Å². The molecule has 0 spiro atoms. The molecule has 0 aliphatic carbocycles. The van der Waals surface area contributed by atoms with Crippen LogP contribution >= 0.6 is 0 Å². The molecule has 0 unspecified atom stereocenters. The molecule has 1 aromatic carbocycles. The van der Waals surface area contributed by atoms with Gasteiger partial charge in [-0.15, -0.1) is 0 Å². The molecule has 23 heavy (non-hydrogen) atoms. The van der Waals surface area contributed by atoms with Gasteiger partial charge < -0.3 is 4.90 Å². The van der Waals surface area contributed by atoms with E-state index in [9.17, 15) is 4.79 Å². The minimum Gasteiger partial charge on any atom is -0.319 e. The van der Waals surface area contributed by atoms with Crippen LogP contribution in [0.2, 0.25) is 0 Å². The van der Waals surface area contributed by atoms with Gasteiger partial charge in [0.15, 0.2) is 0 Å². The van der Waals surface area contributed by atoms with E-state index < -0.39 is 0 Å². The number of anilines is 1. The van der Waals surface area contributed by atoms with Crippen molar-refractivity contribution in [1.82, 2.24) is 4.57 Å². The zero-order valence-corrected chi connectivity index (χ0v) is 14.0. The van der Waals surface area contributed by atoms with Crippen molar-refractivity contribution in [1.29, 1.82) is 0 Å². The molecule has 0 saturated heterocycles. The molecule has 0 N–H and O–H groups in total. The van der Waals surface area contributed by atoms with Crippen molar-refractivity contribution in [2.75, 3.05) is 18.0 Å². The van der Waals surface area contributed by atoms with Gasteiger partial charge in [-0.25, -0.2) is 0 Å². The molecule has 0 saturated carbocycles. The lowest BCUT2D eigenvalue weighted by Crippen LogP contribution is -2.31. The molecule has 0 aliphatic heterocycles. The van der Waals surface area contributed by atoms with Crippen LogP contribution in [-0.4, -0.2) is 24.0 Å². The highest BCUT2D eigenvalue weighted by atomic mass is 16.1. The van der Waals surface area contributed by atoms with E-state index in [0.29, 0.717) is 6.54 Å². The minimum absolute atomic E-state index is 0.0105. The fourth-order valence-corrected chi connectivity index (χ4v) is 2.44. The summed E-state index contributed by atoms with van der Waals surface area (Å²) in [7, 11) is 0. The van der Waals surface area contributed by atoms with Gasteiger partial charge in [0.1, 0.15) is 5.82 Å². The quantitative estimate of drug-likeness (QED) is 0.552. The topological polar surface area (TPSA) is 37.6 Å². The smallest absolute Gasteiger partial charge is 0.252 e.